The smallest absolute Gasteiger partial charge is 0.306 e. The summed E-state index contributed by atoms with van der Waals surface area (Å²) in [4.78, 5) is 4.61. The lowest BCUT2D eigenvalue weighted by atomic mass is 10.0. The minimum absolute atomic E-state index is 0.300. The van der Waals surface area contributed by atoms with Gasteiger partial charge in [-0.05, 0) is 56.7 Å². The Kier molecular flexibility index (Phi) is 4.18. The molecule has 0 unspecified atom stereocenters. The monoisotopic (exact) mass is 405 g/mol. The lowest BCUT2D eigenvalue weighted by Gasteiger charge is -2.15. The molecule has 8 heteroatoms. The van der Waals surface area contributed by atoms with E-state index in [9.17, 15) is 9.50 Å². The van der Waals surface area contributed by atoms with Crippen LogP contribution in [0, 0.1) is 5.82 Å². The molecule has 0 aliphatic rings. The van der Waals surface area contributed by atoms with Gasteiger partial charge < -0.3 is 9.52 Å². The summed E-state index contributed by atoms with van der Waals surface area (Å²) in [5.74, 6) is 0.922. The molecule has 0 saturated heterocycles. The molecule has 0 atom stereocenters. The highest BCUT2D eigenvalue weighted by atomic mass is 19.1. The standard InChI is InChI=1S/C22H20FN5O2/c1-22(2,29)10-9-18-26-25-17-8-5-15(13-28(17)18)20-19(14-3-6-16(23)7-4-14)24-21-27(20)11-12-30-21/h3-8,11-13,29H,9-10H2,1-2H3. The van der Waals surface area contributed by atoms with Crippen molar-refractivity contribution in [2.45, 2.75) is 32.3 Å². The Bertz CT molecular complexity index is 1340. The second-order valence-corrected chi connectivity index (χ2v) is 7.95. The third-order valence-corrected chi connectivity index (χ3v) is 5.09. The Labute approximate surface area is 171 Å². The van der Waals surface area contributed by atoms with E-state index in [0.717, 1.165) is 28.3 Å². The van der Waals surface area contributed by atoms with Gasteiger partial charge in [0.15, 0.2) is 5.65 Å². The predicted octanol–water partition coefficient (Wildman–Crippen LogP) is 4.15. The highest BCUT2D eigenvalue weighted by Crippen LogP contribution is 2.33. The van der Waals surface area contributed by atoms with Crippen molar-refractivity contribution in [2.75, 3.05) is 0 Å². The van der Waals surface area contributed by atoms with Crippen LogP contribution in [-0.2, 0) is 6.42 Å². The van der Waals surface area contributed by atoms with Crippen LogP contribution >= 0.6 is 0 Å². The van der Waals surface area contributed by atoms with Crippen LogP contribution in [0.25, 0.3) is 34.0 Å². The molecule has 0 amide bonds. The quantitative estimate of drug-likeness (QED) is 0.475. The molecule has 0 saturated carbocycles. The van der Waals surface area contributed by atoms with Gasteiger partial charge in [-0.25, -0.2) is 4.39 Å². The summed E-state index contributed by atoms with van der Waals surface area (Å²) in [6.45, 7) is 3.55. The fourth-order valence-corrected chi connectivity index (χ4v) is 3.54. The molecule has 0 bridgehead atoms. The van der Waals surface area contributed by atoms with E-state index >= 15 is 0 Å². The van der Waals surface area contributed by atoms with E-state index < -0.39 is 5.60 Å². The van der Waals surface area contributed by atoms with E-state index in [2.05, 4.69) is 15.2 Å². The number of imidazole rings is 1. The first-order valence-corrected chi connectivity index (χ1v) is 9.67. The molecule has 5 aromatic rings. The number of oxazole rings is 1. The SMILES string of the molecule is CC(C)(O)CCc1nnc2ccc(-c3c(-c4ccc(F)cc4)nc4occn34)cn12. The zero-order valence-corrected chi connectivity index (χ0v) is 16.6. The first-order valence-electron chi connectivity index (χ1n) is 9.67. The molecule has 4 heterocycles. The molecular formula is C22H20FN5O2. The minimum atomic E-state index is -0.784. The summed E-state index contributed by atoms with van der Waals surface area (Å²) >= 11 is 0. The number of rotatable bonds is 5. The van der Waals surface area contributed by atoms with Gasteiger partial charge in [-0.3, -0.25) is 8.80 Å². The van der Waals surface area contributed by atoms with Crippen molar-refractivity contribution in [3.05, 3.63) is 66.7 Å². The minimum Gasteiger partial charge on any atom is -0.432 e. The van der Waals surface area contributed by atoms with Crippen LogP contribution in [-0.4, -0.2) is 34.7 Å². The van der Waals surface area contributed by atoms with Crippen LogP contribution in [0.2, 0.25) is 0 Å². The molecule has 0 aliphatic carbocycles. The maximum Gasteiger partial charge on any atom is 0.306 e. The molecule has 5 rings (SSSR count). The molecule has 1 aromatic carbocycles. The van der Waals surface area contributed by atoms with Crippen molar-refractivity contribution >= 4 is 11.5 Å². The van der Waals surface area contributed by atoms with Gasteiger partial charge in [-0.1, -0.05) is 0 Å². The topological polar surface area (TPSA) is 80.9 Å². The van der Waals surface area contributed by atoms with Gasteiger partial charge in [0.2, 0.25) is 0 Å². The van der Waals surface area contributed by atoms with Crippen LogP contribution in [0.3, 0.4) is 0 Å². The summed E-state index contributed by atoms with van der Waals surface area (Å²) in [5.41, 5.74) is 3.14. The Morgan fingerprint density at radius 3 is 2.57 bits per heavy atom. The van der Waals surface area contributed by atoms with Crippen LogP contribution < -0.4 is 0 Å². The number of halogens is 1. The van der Waals surface area contributed by atoms with Crippen molar-refractivity contribution in [3.63, 3.8) is 0 Å². The maximum absolute atomic E-state index is 13.4. The maximum atomic E-state index is 13.4. The van der Waals surface area contributed by atoms with Gasteiger partial charge in [0.05, 0.1) is 11.3 Å². The average molecular weight is 405 g/mol. The Balaban J connectivity index is 1.65. The number of aliphatic hydroxyl groups is 1. The molecule has 0 spiro atoms. The summed E-state index contributed by atoms with van der Waals surface area (Å²) in [5, 5.41) is 18.6. The summed E-state index contributed by atoms with van der Waals surface area (Å²) in [7, 11) is 0. The van der Waals surface area contributed by atoms with Gasteiger partial charge >= 0.3 is 5.84 Å². The van der Waals surface area contributed by atoms with Crippen molar-refractivity contribution in [1.29, 1.82) is 0 Å². The van der Waals surface area contributed by atoms with Gasteiger partial charge in [0.1, 0.15) is 23.6 Å². The number of aryl methyl sites for hydroxylation is 1. The largest absolute Gasteiger partial charge is 0.432 e. The highest BCUT2D eigenvalue weighted by Gasteiger charge is 2.20. The summed E-state index contributed by atoms with van der Waals surface area (Å²) in [6.07, 6.45) is 6.49. The van der Waals surface area contributed by atoms with E-state index in [1.165, 1.54) is 12.1 Å². The Morgan fingerprint density at radius 1 is 1.03 bits per heavy atom. The molecule has 7 nitrogen and oxygen atoms in total. The summed E-state index contributed by atoms with van der Waals surface area (Å²) in [6, 6.07) is 10.1. The number of hydrogen-bond acceptors (Lipinski definition) is 5. The zero-order valence-electron chi connectivity index (χ0n) is 16.6. The Morgan fingerprint density at radius 2 is 1.80 bits per heavy atom. The van der Waals surface area contributed by atoms with Crippen molar-refractivity contribution < 1.29 is 13.9 Å². The number of nitrogens with zero attached hydrogens (tertiary/aromatic N) is 5. The zero-order chi connectivity index (χ0) is 20.9. The second-order valence-electron chi connectivity index (χ2n) is 7.95. The van der Waals surface area contributed by atoms with Crippen molar-refractivity contribution in [1.82, 2.24) is 24.0 Å². The third kappa shape index (κ3) is 3.25. The van der Waals surface area contributed by atoms with Crippen molar-refractivity contribution in [3.8, 4) is 22.5 Å². The molecule has 1 N–H and O–H groups in total. The van der Waals surface area contributed by atoms with Gasteiger partial charge in [0.25, 0.3) is 0 Å². The molecule has 4 aromatic heterocycles. The van der Waals surface area contributed by atoms with Crippen LogP contribution in [0.1, 0.15) is 26.1 Å². The average Bonchev–Trinajstić information content (AvgIpc) is 3.40. The third-order valence-electron chi connectivity index (χ3n) is 5.09. The first-order chi connectivity index (χ1) is 14.4. The lowest BCUT2D eigenvalue weighted by Crippen LogP contribution is -2.19. The van der Waals surface area contributed by atoms with E-state index in [1.807, 2.05) is 27.1 Å². The molecule has 0 fully saturated rings. The van der Waals surface area contributed by atoms with E-state index in [4.69, 9.17) is 4.42 Å². The number of hydrogen-bond donors (Lipinski definition) is 1. The molecule has 0 aliphatic heterocycles. The predicted molar refractivity (Wildman–Crippen MR) is 109 cm³/mol. The fourth-order valence-electron chi connectivity index (χ4n) is 3.54. The second kappa shape index (κ2) is 6.77. The van der Waals surface area contributed by atoms with Crippen LogP contribution in [0.15, 0.2) is 59.5 Å². The fraction of sp³-hybridized carbons (Fsp3) is 0.227. The van der Waals surface area contributed by atoms with Gasteiger partial charge in [-0.2, -0.15) is 4.98 Å². The number of fused-ring (bicyclic) bond motifs is 2. The highest BCUT2D eigenvalue weighted by molar-refractivity contribution is 5.81. The first kappa shape index (κ1) is 18.5. The van der Waals surface area contributed by atoms with Crippen LogP contribution in [0.5, 0.6) is 0 Å². The Hall–Kier alpha value is -3.52. The van der Waals surface area contributed by atoms with E-state index in [0.29, 0.717) is 24.4 Å². The van der Waals surface area contributed by atoms with E-state index in [-0.39, 0.29) is 5.82 Å². The molecular weight excluding hydrogens is 385 g/mol. The van der Waals surface area contributed by atoms with Crippen molar-refractivity contribution in [2.24, 2.45) is 0 Å². The van der Waals surface area contributed by atoms with Gasteiger partial charge in [0, 0.05) is 29.9 Å². The number of aromatic nitrogens is 5. The normalized spacial score (nSPS) is 12.3. The molecule has 0 radical (unpaired) electrons. The lowest BCUT2D eigenvalue weighted by molar-refractivity contribution is 0.0707. The van der Waals surface area contributed by atoms with Gasteiger partial charge in [-0.15, -0.1) is 10.2 Å². The van der Waals surface area contributed by atoms with E-state index in [1.54, 1.807) is 38.4 Å². The van der Waals surface area contributed by atoms with Crippen LogP contribution in [0.4, 0.5) is 4.39 Å². The number of pyridine rings is 1. The molecule has 152 valence electrons. The number of benzene rings is 1. The summed E-state index contributed by atoms with van der Waals surface area (Å²) < 4.78 is 22.7. The molecule has 30 heavy (non-hydrogen) atoms.